The number of aromatic nitrogens is 2. The standard InChI is InChI=1S/C21H22FN3O5/c1-25-20-14(11-24-25)8-13(21(23)26)9-19(20)30-18-3-2-15(10-17(18)22)28-6-7-29-16-4-5-27-12-16/h2-3,8-11,16H,4-7,12H2,1H3,(H2,23,26). The van der Waals surface area contributed by atoms with Crippen molar-refractivity contribution in [1.82, 2.24) is 9.78 Å². The quantitative estimate of drug-likeness (QED) is 0.568. The van der Waals surface area contributed by atoms with E-state index in [1.54, 1.807) is 30.1 Å². The van der Waals surface area contributed by atoms with Gasteiger partial charge in [-0.25, -0.2) is 4.39 Å². The Morgan fingerprint density at radius 1 is 1.30 bits per heavy atom. The Balaban J connectivity index is 1.46. The Morgan fingerprint density at radius 2 is 2.17 bits per heavy atom. The van der Waals surface area contributed by atoms with E-state index in [-0.39, 0.29) is 23.2 Å². The van der Waals surface area contributed by atoms with Crippen molar-refractivity contribution in [3.63, 3.8) is 0 Å². The molecule has 2 aromatic carbocycles. The van der Waals surface area contributed by atoms with Crippen LogP contribution in [0.5, 0.6) is 17.2 Å². The summed E-state index contributed by atoms with van der Waals surface area (Å²) in [6.45, 7) is 2.01. The average Bonchev–Trinajstić information content (AvgIpc) is 3.37. The summed E-state index contributed by atoms with van der Waals surface area (Å²) in [6.07, 6.45) is 2.56. The Kier molecular flexibility index (Phi) is 5.82. The Morgan fingerprint density at radius 3 is 2.90 bits per heavy atom. The highest BCUT2D eigenvalue weighted by Gasteiger charge is 2.17. The molecule has 1 aliphatic heterocycles. The second-order valence-electron chi connectivity index (χ2n) is 6.94. The van der Waals surface area contributed by atoms with Crippen LogP contribution >= 0.6 is 0 Å². The number of nitrogens with two attached hydrogens (primary N) is 1. The lowest BCUT2D eigenvalue weighted by Crippen LogP contribution is -2.17. The Labute approximate surface area is 172 Å². The van der Waals surface area contributed by atoms with Crippen LogP contribution in [-0.2, 0) is 16.5 Å². The van der Waals surface area contributed by atoms with E-state index in [1.807, 2.05) is 0 Å². The first kappa shape index (κ1) is 20.1. The SMILES string of the molecule is Cn1ncc2cc(C(N)=O)cc(Oc3ccc(OCCOC4CCOC4)cc3F)c21. The van der Waals surface area contributed by atoms with Gasteiger partial charge in [-0.15, -0.1) is 0 Å². The summed E-state index contributed by atoms with van der Waals surface area (Å²) in [7, 11) is 1.73. The van der Waals surface area contributed by atoms with Gasteiger partial charge < -0.3 is 24.7 Å². The zero-order chi connectivity index (χ0) is 21.1. The van der Waals surface area contributed by atoms with Gasteiger partial charge >= 0.3 is 0 Å². The molecule has 1 saturated heterocycles. The number of carbonyl (C=O) groups is 1. The van der Waals surface area contributed by atoms with Crippen molar-refractivity contribution in [2.45, 2.75) is 12.5 Å². The zero-order valence-electron chi connectivity index (χ0n) is 16.5. The summed E-state index contributed by atoms with van der Waals surface area (Å²) < 4.78 is 38.4. The van der Waals surface area contributed by atoms with E-state index in [1.165, 1.54) is 18.2 Å². The number of fused-ring (bicyclic) bond motifs is 1. The lowest BCUT2D eigenvalue weighted by atomic mass is 10.1. The molecule has 1 unspecified atom stereocenters. The third kappa shape index (κ3) is 4.37. The monoisotopic (exact) mass is 415 g/mol. The van der Waals surface area contributed by atoms with E-state index >= 15 is 0 Å². The predicted octanol–water partition coefficient (Wildman–Crippen LogP) is 2.79. The molecule has 0 radical (unpaired) electrons. The van der Waals surface area contributed by atoms with Gasteiger partial charge in [0.2, 0.25) is 5.91 Å². The minimum atomic E-state index is -0.610. The molecule has 30 heavy (non-hydrogen) atoms. The first-order chi connectivity index (χ1) is 14.5. The van der Waals surface area contributed by atoms with Crippen LogP contribution in [-0.4, -0.2) is 48.2 Å². The van der Waals surface area contributed by atoms with Crippen LogP contribution in [0.1, 0.15) is 16.8 Å². The molecule has 4 rings (SSSR count). The van der Waals surface area contributed by atoms with Gasteiger partial charge in [0.25, 0.3) is 0 Å². The summed E-state index contributed by atoms with van der Waals surface area (Å²) in [6, 6.07) is 7.40. The number of ether oxygens (including phenoxy) is 4. The van der Waals surface area contributed by atoms with Crippen molar-refractivity contribution in [1.29, 1.82) is 0 Å². The number of halogens is 1. The van der Waals surface area contributed by atoms with Crippen LogP contribution in [0.2, 0.25) is 0 Å². The number of hydrogen-bond acceptors (Lipinski definition) is 6. The molecule has 8 nitrogen and oxygen atoms in total. The van der Waals surface area contributed by atoms with E-state index < -0.39 is 11.7 Å². The Hall–Kier alpha value is -3.17. The van der Waals surface area contributed by atoms with Crippen LogP contribution in [0.15, 0.2) is 36.5 Å². The van der Waals surface area contributed by atoms with Gasteiger partial charge in [-0.1, -0.05) is 0 Å². The van der Waals surface area contributed by atoms with Crippen LogP contribution in [0, 0.1) is 5.82 Å². The number of amides is 1. The van der Waals surface area contributed by atoms with E-state index in [2.05, 4.69) is 5.10 Å². The molecule has 1 amide bonds. The van der Waals surface area contributed by atoms with Gasteiger partial charge in [0.1, 0.15) is 17.9 Å². The smallest absolute Gasteiger partial charge is 0.248 e. The van der Waals surface area contributed by atoms with Crippen molar-refractivity contribution in [3.8, 4) is 17.2 Å². The second-order valence-corrected chi connectivity index (χ2v) is 6.94. The molecular weight excluding hydrogens is 393 g/mol. The van der Waals surface area contributed by atoms with Gasteiger partial charge in [-0.2, -0.15) is 5.10 Å². The number of aryl methyl sites for hydroxylation is 1. The highest BCUT2D eigenvalue weighted by atomic mass is 19.1. The molecule has 0 saturated carbocycles. The molecule has 9 heteroatoms. The van der Waals surface area contributed by atoms with Crippen LogP contribution < -0.4 is 15.2 Å². The number of hydrogen-bond donors (Lipinski definition) is 1. The zero-order valence-corrected chi connectivity index (χ0v) is 16.5. The third-order valence-corrected chi connectivity index (χ3v) is 4.80. The van der Waals surface area contributed by atoms with E-state index in [4.69, 9.17) is 24.7 Å². The van der Waals surface area contributed by atoms with Gasteiger partial charge in [-0.05, 0) is 30.7 Å². The molecular formula is C21H22FN3O5. The molecule has 1 atom stereocenters. The first-order valence-corrected chi connectivity index (χ1v) is 9.56. The van der Waals surface area contributed by atoms with Gasteiger partial charge in [0.15, 0.2) is 17.3 Å². The van der Waals surface area contributed by atoms with E-state index in [9.17, 15) is 9.18 Å². The van der Waals surface area contributed by atoms with Crippen molar-refractivity contribution < 1.29 is 28.1 Å². The number of benzene rings is 2. The van der Waals surface area contributed by atoms with Gasteiger partial charge in [0, 0.05) is 30.7 Å². The summed E-state index contributed by atoms with van der Waals surface area (Å²) in [5, 5.41) is 4.82. The molecule has 0 spiro atoms. The second kappa shape index (κ2) is 8.68. The van der Waals surface area contributed by atoms with Gasteiger partial charge in [0.05, 0.1) is 25.5 Å². The number of rotatable bonds is 8. The van der Waals surface area contributed by atoms with Crippen molar-refractivity contribution in [2.24, 2.45) is 12.8 Å². The Bertz CT molecular complexity index is 1060. The highest BCUT2D eigenvalue weighted by Crippen LogP contribution is 2.33. The number of nitrogens with zero attached hydrogens (tertiary/aromatic N) is 2. The fourth-order valence-corrected chi connectivity index (χ4v) is 3.29. The predicted molar refractivity (Wildman–Crippen MR) is 106 cm³/mol. The summed E-state index contributed by atoms with van der Waals surface area (Å²) in [5.74, 6) is -0.576. The molecule has 3 aromatic rings. The van der Waals surface area contributed by atoms with Crippen molar-refractivity contribution in [3.05, 3.63) is 47.9 Å². The first-order valence-electron chi connectivity index (χ1n) is 9.56. The highest BCUT2D eigenvalue weighted by molar-refractivity contribution is 5.99. The largest absolute Gasteiger partial charge is 0.491 e. The lowest BCUT2D eigenvalue weighted by Gasteiger charge is -2.13. The molecule has 1 aromatic heterocycles. The minimum Gasteiger partial charge on any atom is -0.491 e. The maximum Gasteiger partial charge on any atom is 0.248 e. The molecule has 2 heterocycles. The lowest BCUT2D eigenvalue weighted by molar-refractivity contribution is 0.0265. The van der Waals surface area contributed by atoms with Crippen molar-refractivity contribution >= 4 is 16.8 Å². The summed E-state index contributed by atoms with van der Waals surface area (Å²) >= 11 is 0. The molecule has 1 aliphatic rings. The van der Waals surface area contributed by atoms with Crippen molar-refractivity contribution in [2.75, 3.05) is 26.4 Å². The molecule has 158 valence electrons. The molecule has 1 fully saturated rings. The van der Waals surface area contributed by atoms with Gasteiger partial charge in [-0.3, -0.25) is 9.48 Å². The fourth-order valence-electron chi connectivity index (χ4n) is 3.29. The molecule has 0 bridgehead atoms. The number of primary amides is 1. The van der Waals surface area contributed by atoms with Crippen LogP contribution in [0.25, 0.3) is 10.9 Å². The normalized spacial score (nSPS) is 16.1. The number of carbonyl (C=O) groups excluding carboxylic acids is 1. The maximum absolute atomic E-state index is 14.6. The minimum absolute atomic E-state index is 0.00850. The summed E-state index contributed by atoms with van der Waals surface area (Å²) in [4.78, 5) is 11.6. The maximum atomic E-state index is 14.6. The van der Waals surface area contributed by atoms with Crippen LogP contribution in [0.4, 0.5) is 4.39 Å². The van der Waals surface area contributed by atoms with E-state index in [0.717, 1.165) is 6.42 Å². The van der Waals surface area contributed by atoms with E-state index in [0.29, 0.717) is 43.1 Å². The summed E-state index contributed by atoms with van der Waals surface area (Å²) in [5.41, 5.74) is 6.26. The van der Waals surface area contributed by atoms with Crippen LogP contribution in [0.3, 0.4) is 0 Å². The topological polar surface area (TPSA) is 97.8 Å². The molecule has 0 aliphatic carbocycles. The fraction of sp³-hybridized carbons (Fsp3) is 0.333. The average molecular weight is 415 g/mol. The molecule has 2 N–H and O–H groups in total. The third-order valence-electron chi connectivity index (χ3n) is 4.80.